The number of benzene rings is 1. The van der Waals surface area contributed by atoms with E-state index in [4.69, 9.17) is 0 Å². The van der Waals surface area contributed by atoms with Gasteiger partial charge in [-0.25, -0.2) is 9.13 Å². The minimum Gasteiger partial charge on any atom is -1.00 e. The van der Waals surface area contributed by atoms with Crippen molar-refractivity contribution < 1.29 is 57.1 Å². The molecule has 118 valence electrons. The van der Waals surface area contributed by atoms with Crippen LogP contribution < -0.4 is 57.1 Å². The number of aromatic nitrogens is 3. The number of nitrogens with zero attached hydrogens (tertiary/aromatic N) is 3. The molecule has 0 spiro atoms. The van der Waals surface area contributed by atoms with Crippen LogP contribution in [0.25, 0.3) is 27.5 Å². The molecule has 0 atom stereocenters. The fraction of sp³-hybridized carbons (Fsp3) is 0.111. The second kappa shape index (κ2) is 7.12. The SMILES string of the molecule is C[n+]1ccc2c(c1)c1c[n+](C)ccc1n2-c1ccccc1.[I-].[I-]. The van der Waals surface area contributed by atoms with Crippen LogP contribution in [0.15, 0.2) is 67.3 Å². The first-order valence-corrected chi connectivity index (χ1v) is 7.08. The third kappa shape index (κ3) is 3.08. The van der Waals surface area contributed by atoms with Gasteiger partial charge >= 0.3 is 0 Å². The minimum atomic E-state index is 0. The van der Waals surface area contributed by atoms with Gasteiger partial charge in [-0.05, 0) is 12.1 Å². The first-order chi connectivity index (χ1) is 10.2. The van der Waals surface area contributed by atoms with Gasteiger partial charge in [0.2, 0.25) is 0 Å². The Morgan fingerprint density at radius 3 is 1.65 bits per heavy atom. The first-order valence-electron chi connectivity index (χ1n) is 7.08. The molecule has 0 bridgehead atoms. The van der Waals surface area contributed by atoms with Crippen molar-refractivity contribution in [3.8, 4) is 5.69 Å². The van der Waals surface area contributed by atoms with Gasteiger partial charge in [0.25, 0.3) is 0 Å². The Morgan fingerprint density at radius 1 is 0.696 bits per heavy atom. The number of rotatable bonds is 1. The molecule has 3 heterocycles. The number of para-hydroxylation sites is 1. The second-order valence-corrected chi connectivity index (χ2v) is 5.49. The molecule has 23 heavy (non-hydrogen) atoms. The summed E-state index contributed by atoms with van der Waals surface area (Å²) in [6.45, 7) is 0. The Labute approximate surface area is 169 Å². The van der Waals surface area contributed by atoms with Crippen molar-refractivity contribution in [3.05, 3.63) is 67.3 Å². The van der Waals surface area contributed by atoms with Gasteiger partial charge in [0.15, 0.2) is 24.8 Å². The van der Waals surface area contributed by atoms with E-state index in [9.17, 15) is 0 Å². The summed E-state index contributed by atoms with van der Waals surface area (Å²) < 4.78 is 6.53. The van der Waals surface area contributed by atoms with Gasteiger partial charge in [-0.2, -0.15) is 0 Å². The standard InChI is InChI=1S/C18H17N3.2HI/c1-19-10-8-17-15(12-19)16-13-20(2)11-9-18(16)21(17)14-6-4-3-5-7-14;;/h3-13H,1-2H3;2*1H/q+2;;/p-2. The zero-order valence-electron chi connectivity index (χ0n) is 12.9. The molecule has 0 aliphatic heterocycles. The number of hydrogen-bond acceptors (Lipinski definition) is 0. The second-order valence-electron chi connectivity index (χ2n) is 5.49. The quantitative estimate of drug-likeness (QED) is 0.179. The summed E-state index contributed by atoms with van der Waals surface area (Å²) in [6, 6.07) is 14.9. The van der Waals surface area contributed by atoms with Crippen molar-refractivity contribution >= 4 is 21.8 Å². The monoisotopic (exact) mass is 529 g/mol. The van der Waals surface area contributed by atoms with E-state index >= 15 is 0 Å². The van der Waals surface area contributed by atoms with Crippen LogP contribution in [0.4, 0.5) is 0 Å². The van der Waals surface area contributed by atoms with Crippen LogP contribution in [0.1, 0.15) is 0 Å². The van der Waals surface area contributed by atoms with E-state index in [0.29, 0.717) is 0 Å². The highest BCUT2D eigenvalue weighted by Crippen LogP contribution is 2.29. The molecule has 3 aromatic heterocycles. The van der Waals surface area contributed by atoms with Gasteiger partial charge in [-0.15, -0.1) is 0 Å². The number of aryl methyl sites for hydroxylation is 2. The molecular weight excluding hydrogens is 512 g/mol. The van der Waals surface area contributed by atoms with Crippen molar-refractivity contribution in [1.82, 2.24) is 4.57 Å². The lowest BCUT2D eigenvalue weighted by atomic mass is 10.2. The maximum Gasteiger partial charge on any atom is 0.178 e. The Morgan fingerprint density at radius 2 is 1.17 bits per heavy atom. The molecule has 3 nitrogen and oxygen atoms in total. The number of fused-ring (bicyclic) bond motifs is 3. The smallest absolute Gasteiger partial charge is 0.178 e. The molecule has 0 amide bonds. The molecular formula is C18H17I2N3. The molecule has 5 heteroatoms. The molecule has 0 N–H and O–H groups in total. The van der Waals surface area contributed by atoms with E-state index < -0.39 is 0 Å². The van der Waals surface area contributed by atoms with E-state index in [1.165, 1.54) is 27.5 Å². The molecule has 0 radical (unpaired) electrons. The molecule has 0 aliphatic rings. The predicted molar refractivity (Wildman–Crippen MR) is 83.1 cm³/mol. The van der Waals surface area contributed by atoms with Gasteiger partial charge in [-0.1, -0.05) is 18.2 Å². The summed E-state index contributed by atoms with van der Waals surface area (Å²) in [5.74, 6) is 0. The van der Waals surface area contributed by atoms with E-state index in [1.54, 1.807) is 0 Å². The van der Waals surface area contributed by atoms with E-state index in [0.717, 1.165) is 0 Å². The van der Waals surface area contributed by atoms with Gasteiger partial charge in [-0.3, -0.25) is 0 Å². The van der Waals surface area contributed by atoms with Gasteiger partial charge < -0.3 is 52.5 Å². The van der Waals surface area contributed by atoms with Crippen molar-refractivity contribution in [2.45, 2.75) is 0 Å². The van der Waals surface area contributed by atoms with Crippen molar-refractivity contribution in [2.75, 3.05) is 0 Å². The normalized spacial score (nSPS) is 10.3. The Hall–Kier alpha value is -1.22. The molecule has 4 rings (SSSR count). The number of pyridine rings is 2. The lowest BCUT2D eigenvalue weighted by molar-refractivity contribution is -0.671. The van der Waals surface area contributed by atoms with E-state index in [1.807, 2.05) is 0 Å². The Bertz CT molecular complexity index is 903. The topological polar surface area (TPSA) is 12.7 Å². The fourth-order valence-corrected chi connectivity index (χ4v) is 2.97. The van der Waals surface area contributed by atoms with E-state index in [2.05, 4.69) is 95.0 Å². The number of halogens is 2. The van der Waals surface area contributed by atoms with Crippen LogP contribution >= 0.6 is 0 Å². The largest absolute Gasteiger partial charge is 1.00 e. The Balaban J connectivity index is 0.000000960. The average molecular weight is 529 g/mol. The van der Waals surface area contributed by atoms with Crippen LogP contribution in [-0.4, -0.2) is 4.57 Å². The summed E-state index contributed by atoms with van der Waals surface area (Å²) >= 11 is 0. The van der Waals surface area contributed by atoms with Gasteiger partial charge in [0.05, 0.1) is 21.8 Å². The Kier molecular flexibility index (Phi) is 5.61. The lowest BCUT2D eigenvalue weighted by Gasteiger charge is -2.06. The summed E-state index contributed by atoms with van der Waals surface area (Å²) in [7, 11) is 4.13. The third-order valence-corrected chi connectivity index (χ3v) is 3.94. The van der Waals surface area contributed by atoms with E-state index in [-0.39, 0.29) is 48.0 Å². The molecule has 0 saturated carbocycles. The highest BCUT2D eigenvalue weighted by molar-refractivity contribution is 6.07. The molecule has 0 aliphatic carbocycles. The third-order valence-electron chi connectivity index (χ3n) is 3.94. The fourth-order valence-electron chi connectivity index (χ4n) is 2.97. The van der Waals surface area contributed by atoms with Gasteiger partial charge in [0.1, 0.15) is 14.1 Å². The zero-order valence-corrected chi connectivity index (χ0v) is 17.3. The summed E-state index contributed by atoms with van der Waals surface area (Å²) in [6.07, 6.45) is 8.58. The van der Waals surface area contributed by atoms with Crippen LogP contribution in [0.2, 0.25) is 0 Å². The minimum absolute atomic E-state index is 0. The molecule has 0 unspecified atom stereocenters. The van der Waals surface area contributed by atoms with Gasteiger partial charge in [0, 0.05) is 17.8 Å². The zero-order chi connectivity index (χ0) is 14.4. The molecule has 1 aromatic carbocycles. The van der Waals surface area contributed by atoms with Crippen LogP contribution in [-0.2, 0) is 14.1 Å². The summed E-state index contributed by atoms with van der Waals surface area (Å²) in [5, 5.41) is 2.55. The van der Waals surface area contributed by atoms with Crippen molar-refractivity contribution in [1.29, 1.82) is 0 Å². The molecule has 4 aromatic rings. The van der Waals surface area contributed by atoms with Crippen LogP contribution in [0, 0.1) is 0 Å². The molecule has 0 saturated heterocycles. The lowest BCUT2D eigenvalue weighted by Crippen LogP contribution is -3.00. The maximum absolute atomic E-state index is 2.32. The first kappa shape index (κ1) is 18.1. The van der Waals surface area contributed by atoms with Crippen molar-refractivity contribution in [3.63, 3.8) is 0 Å². The average Bonchev–Trinajstić information content (AvgIpc) is 2.81. The number of hydrogen-bond donors (Lipinski definition) is 0. The maximum atomic E-state index is 2.32. The van der Waals surface area contributed by atoms with Crippen molar-refractivity contribution in [2.24, 2.45) is 14.1 Å². The van der Waals surface area contributed by atoms with Crippen LogP contribution in [0.5, 0.6) is 0 Å². The van der Waals surface area contributed by atoms with Crippen LogP contribution in [0.3, 0.4) is 0 Å². The summed E-state index contributed by atoms with van der Waals surface area (Å²) in [4.78, 5) is 0. The predicted octanol–water partition coefficient (Wildman–Crippen LogP) is -3.56. The highest BCUT2D eigenvalue weighted by atomic mass is 127. The molecule has 0 fully saturated rings. The highest BCUT2D eigenvalue weighted by Gasteiger charge is 2.16. The summed E-state index contributed by atoms with van der Waals surface area (Å²) in [5.41, 5.74) is 3.67.